The number of allylic oxidation sites excluding steroid dienone is 2. The van der Waals surface area contributed by atoms with Crippen LogP contribution < -0.4 is 0 Å². The number of benzene rings is 2. The zero-order valence-corrected chi connectivity index (χ0v) is 15.4. The summed E-state index contributed by atoms with van der Waals surface area (Å²) in [5.41, 5.74) is 4.05. The van der Waals surface area contributed by atoms with Crippen molar-refractivity contribution in [3.63, 3.8) is 0 Å². The van der Waals surface area contributed by atoms with Crippen LogP contribution in [0.5, 0.6) is 0 Å². The van der Waals surface area contributed by atoms with Crippen LogP contribution >= 0.6 is 0 Å². The van der Waals surface area contributed by atoms with Gasteiger partial charge >= 0.3 is 0 Å². The van der Waals surface area contributed by atoms with Crippen molar-refractivity contribution in [2.75, 3.05) is 0 Å². The van der Waals surface area contributed by atoms with Crippen LogP contribution in [0.25, 0.3) is 10.8 Å². The first kappa shape index (κ1) is 15.4. The molecular weight excluding hydrogens is 304 g/mol. The van der Waals surface area contributed by atoms with Gasteiger partial charge in [-0.15, -0.1) is 0 Å². The Bertz CT molecular complexity index is 927. The zero-order chi connectivity index (χ0) is 17.4. The quantitative estimate of drug-likeness (QED) is 0.584. The van der Waals surface area contributed by atoms with Crippen molar-refractivity contribution in [1.82, 2.24) is 0 Å². The van der Waals surface area contributed by atoms with Crippen LogP contribution in [0.15, 0.2) is 42.5 Å². The Hall–Kier alpha value is -1.89. The number of hydrogen-bond donors (Lipinski definition) is 0. The molecule has 3 unspecified atom stereocenters. The molecule has 2 bridgehead atoms. The van der Waals surface area contributed by atoms with Gasteiger partial charge in [0.15, 0.2) is 0 Å². The van der Waals surface area contributed by atoms with Gasteiger partial charge in [-0.05, 0) is 70.0 Å². The third kappa shape index (κ3) is 2.05. The van der Waals surface area contributed by atoms with E-state index >= 15 is 0 Å². The monoisotopic (exact) mass is 330 g/mol. The Balaban J connectivity index is 1.74. The molecule has 1 spiro atoms. The molecule has 2 aromatic rings. The molecule has 0 aliphatic heterocycles. The summed E-state index contributed by atoms with van der Waals surface area (Å²) in [5.74, 6) is 1.52. The minimum atomic E-state index is -0.223. The molecule has 0 N–H and O–H groups in total. The van der Waals surface area contributed by atoms with E-state index < -0.39 is 0 Å². The third-order valence-electron chi connectivity index (χ3n) is 6.92. The molecule has 3 atom stereocenters. The van der Waals surface area contributed by atoms with Crippen molar-refractivity contribution in [3.8, 4) is 0 Å². The molecule has 0 heterocycles. The summed E-state index contributed by atoms with van der Waals surface area (Å²) in [4.78, 5) is 13.1. The molecule has 1 nitrogen and oxygen atoms in total. The van der Waals surface area contributed by atoms with Gasteiger partial charge in [-0.25, -0.2) is 0 Å². The number of carbonyl (C=O) groups is 1. The average Bonchev–Trinajstić information content (AvgIpc) is 3.18. The Morgan fingerprint density at radius 3 is 2.52 bits per heavy atom. The summed E-state index contributed by atoms with van der Waals surface area (Å²) < 4.78 is 0. The van der Waals surface area contributed by atoms with Crippen LogP contribution in [0.3, 0.4) is 0 Å². The van der Waals surface area contributed by atoms with Gasteiger partial charge in [-0.1, -0.05) is 57.2 Å². The van der Waals surface area contributed by atoms with E-state index in [1.807, 2.05) is 0 Å². The van der Waals surface area contributed by atoms with Gasteiger partial charge < -0.3 is 0 Å². The van der Waals surface area contributed by atoms with Crippen LogP contribution in [-0.2, 0) is 22.0 Å². The lowest BCUT2D eigenvalue weighted by atomic mass is 9.62. The third-order valence-corrected chi connectivity index (χ3v) is 6.92. The Kier molecular flexibility index (Phi) is 2.98. The van der Waals surface area contributed by atoms with Crippen LogP contribution in [0.4, 0.5) is 0 Å². The van der Waals surface area contributed by atoms with Crippen LogP contribution in [0.2, 0.25) is 0 Å². The number of rotatable bonds is 0. The van der Waals surface area contributed by atoms with Gasteiger partial charge in [0.25, 0.3) is 0 Å². The van der Waals surface area contributed by atoms with Crippen molar-refractivity contribution in [3.05, 3.63) is 59.2 Å². The number of hydrogen-bond acceptors (Lipinski definition) is 1. The lowest BCUT2D eigenvalue weighted by Gasteiger charge is -2.40. The number of Topliss-reactive ketones (excluding diaryl/α,β-unsaturated/α-hetero) is 1. The molecule has 1 saturated carbocycles. The second kappa shape index (κ2) is 4.84. The van der Waals surface area contributed by atoms with Crippen molar-refractivity contribution in [2.24, 2.45) is 11.8 Å². The number of fused-ring (bicyclic) bond motifs is 6. The standard InChI is InChI=1S/C24H26O/c1-23(2,3)19-8-5-16-11-17-6-9-22(25)24(21(17)13-18(16)12-19)14-15-4-7-20(24)10-15/h4-5,7-8,11-13,15,20H,6,9-10,14H2,1-3H3. The predicted octanol–water partition coefficient (Wildman–Crippen LogP) is 5.49. The van der Waals surface area contributed by atoms with Crippen molar-refractivity contribution >= 4 is 16.6 Å². The van der Waals surface area contributed by atoms with Crippen molar-refractivity contribution in [1.29, 1.82) is 0 Å². The van der Waals surface area contributed by atoms with Gasteiger partial charge in [-0.2, -0.15) is 0 Å². The van der Waals surface area contributed by atoms with Gasteiger partial charge in [0.1, 0.15) is 5.78 Å². The molecule has 0 saturated heterocycles. The predicted molar refractivity (Wildman–Crippen MR) is 103 cm³/mol. The van der Waals surface area contributed by atoms with Crippen molar-refractivity contribution < 1.29 is 4.79 Å². The highest BCUT2D eigenvalue weighted by Gasteiger charge is 2.55. The Morgan fingerprint density at radius 1 is 1.00 bits per heavy atom. The molecule has 0 radical (unpaired) electrons. The molecule has 128 valence electrons. The van der Waals surface area contributed by atoms with E-state index in [9.17, 15) is 4.79 Å². The van der Waals surface area contributed by atoms with Gasteiger partial charge in [0, 0.05) is 6.42 Å². The first-order valence-electron chi connectivity index (χ1n) is 9.67. The van der Waals surface area contributed by atoms with Gasteiger partial charge in [0.05, 0.1) is 5.41 Å². The zero-order valence-electron chi connectivity index (χ0n) is 15.4. The second-order valence-corrected chi connectivity index (χ2v) is 9.41. The number of ketones is 1. The summed E-state index contributed by atoms with van der Waals surface area (Å²) in [6.07, 6.45) is 8.51. The molecular formula is C24H26O. The van der Waals surface area contributed by atoms with E-state index in [4.69, 9.17) is 0 Å². The van der Waals surface area contributed by atoms with E-state index in [0.717, 1.165) is 19.3 Å². The maximum Gasteiger partial charge on any atom is 0.144 e. The van der Waals surface area contributed by atoms with E-state index in [2.05, 4.69) is 63.3 Å². The molecule has 3 aliphatic rings. The Labute approximate surface area is 150 Å². The molecule has 3 aliphatic carbocycles. The summed E-state index contributed by atoms with van der Waals surface area (Å²) in [6, 6.07) is 11.6. The Morgan fingerprint density at radius 2 is 1.84 bits per heavy atom. The summed E-state index contributed by atoms with van der Waals surface area (Å²) >= 11 is 0. The second-order valence-electron chi connectivity index (χ2n) is 9.41. The maximum absolute atomic E-state index is 13.1. The van der Waals surface area contributed by atoms with Gasteiger partial charge in [0.2, 0.25) is 0 Å². The van der Waals surface area contributed by atoms with Crippen LogP contribution in [0, 0.1) is 11.8 Å². The molecule has 2 aromatic carbocycles. The fraction of sp³-hybridized carbons (Fsp3) is 0.458. The summed E-state index contributed by atoms with van der Waals surface area (Å²) in [7, 11) is 0. The van der Waals surface area contributed by atoms with Crippen molar-refractivity contribution in [2.45, 2.75) is 57.3 Å². The lowest BCUT2D eigenvalue weighted by molar-refractivity contribution is -0.126. The topological polar surface area (TPSA) is 17.1 Å². The van der Waals surface area contributed by atoms with E-state index in [0.29, 0.717) is 17.6 Å². The van der Waals surface area contributed by atoms with E-state index in [-0.39, 0.29) is 10.8 Å². The largest absolute Gasteiger partial charge is 0.299 e. The van der Waals surface area contributed by atoms with Crippen LogP contribution in [-0.4, -0.2) is 5.78 Å². The highest BCUT2D eigenvalue weighted by atomic mass is 16.1. The molecule has 0 aromatic heterocycles. The van der Waals surface area contributed by atoms with E-state index in [1.165, 1.54) is 33.9 Å². The maximum atomic E-state index is 13.1. The number of carbonyl (C=O) groups excluding carboxylic acids is 1. The lowest BCUT2D eigenvalue weighted by Crippen LogP contribution is -2.43. The fourth-order valence-corrected chi connectivity index (χ4v) is 5.54. The molecule has 1 fully saturated rings. The summed E-state index contributed by atoms with van der Waals surface area (Å²) in [6.45, 7) is 6.79. The van der Waals surface area contributed by atoms with Gasteiger partial charge in [-0.3, -0.25) is 4.79 Å². The highest BCUT2D eigenvalue weighted by molar-refractivity contribution is 5.96. The SMILES string of the molecule is CC(C)(C)c1ccc2cc3c(cc2c1)C1(CC2C=CC1C2)C(=O)CC3. The normalized spacial score (nSPS) is 30.4. The highest BCUT2D eigenvalue weighted by Crippen LogP contribution is 2.57. The molecule has 1 heteroatoms. The molecule has 5 rings (SSSR count). The average molecular weight is 330 g/mol. The minimum Gasteiger partial charge on any atom is -0.299 e. The summed E-state index contributed by atoms with van der Waals surface area (Å²) in [5, 5.41) is 2.61. The minimum absolute atomic E-state index is 0.146. The van der Waals surface area contributed by atoms with Crippen LogP contribution in [0.1, 0.15) is 56.7 Å². The molecule has 25 heavy (non-hydrogen) atoms. The smallest absolute Gasteiger partial charge is 0.144 e. The molecule has 0 amide bonds. The fourth-order valence-electron chi connectivity index (χ4n) is 5.54. The first-order chi connectivity index (χ1) is 11.9. The number of aryl methyl sites for hydroxylation is 1. The van der Waals surface area contributed by atoms with E-state index in [1.54, 1.807) is 0 Å². The first-order valence-corrected chi connectivity index (χ1v) is 9.67.